The lowest BCUT2D eigenvalue weighted by Gasteiger charge is -2.32. The molecule has 1 aliphatic carbocycles. The van der Waals surface area contributed by atoms with Crippen LogP contribution in [0.1, 0.15) is 32.1 Å². The van der Waals surface area contributed by atoms with Crippen LogP contribution in [0.3, 0.4) is 0 Å². The molecule has 1 N–H and O–H groups in total. The van der Waals surface area contributed by atoms with Crippen molar-refractivity contribution in [3.05, 3.63) is 23.5 Å². The fourth-order valence-corrected chi connectivity index (χ4v) is 4.35. The second-order valence-electron chi connectivity index (χ2n) is 4.95. The van der Waals surface area contributed by atoms with E-state index in [0.29, 0.717) is 0 Å². The van der Waals surface area contributed by atoms with Crippen molar-refractivity contribution in [2.45, 2.75) is 43.0 Å². The zero-order chi connectivity index (χ0) is 14.6. The molecule has 0 atom stereocenters. The lowest BCUT2D eigenvalue weighted by Crippen LogP contribution is -2.43. The predicted molar refractivity (Wildman–Crippen MR) is 77.1 cm³/mol. The topological polar surface area (TPSA) is 70.5 Å². The Morgan fingerprint density at radius 2 is 2.00 bits per heavy atom. The van der Waals surface area contributed by atoms with Crippen molar-refractivity contribution in [1.82, 2.24) is 9.29 Å². The standard InChI is InChI=1S/C13H19ClN2O3S/c14-13-7-6-12(10-15-13)20(18,19)16(8-9-17)11-4-2-1-3-5-11/h6-7,10-11,17H,1-5,8-9H2. The zero-order valence-electron chi connectivity index (χ0n) is 11.2. The number of hydrogen-bond acceptors (Lipinski definition) is 4. The van der Waals surface area contributed by atoms with E-state index in [1.807, 2.05) is 0 Å². The molecule has 0 saturated heterocycles. The molecule has 0 spiro atoms. The van der Waals surface area contributed by atoms with Gasteiger partial charge in [-0.2, -0.15) is 4.31 Å². The van der Waals surface area contributed by atoms with E-state index in [1.165, 1.54) is 22.6 Å². The summed E-state index contributed by atoms with van der Waals surface area (Å²) in [7, 11) is -3.63. The molecular formula is C13H19ClN2O3S. The van der Waals surface area contributed by atoms with Gasteiger partial charge in [0.15, 0.2) is 0 Å². The molecule has 1 saturated carbocycles. The zero-order valence-corrected chi connectivity index (χ0v) is 12.8. The van der Waals surface area contributed by atoms with Crippen molar-refractivity contribution in [2.75, 3.05) is 13.2 Å². The van der Waals surface area contributed by atoms with Crippen LogP contribution in [0.25, 0.3) is 0 Å². The number of halogens is 1. The number of nitrogens with zero attached hydrogens (tertiary/aromatic N) is 2. The fourth-order valence-electron chi connectivity index (χ4n) is 2.62. The van der Waals surface area contributed by atoms with Crippen LogP contribution < -0.4 is 0 Å². The third-order valence-electron chi connectivity index (χ3n) is 3.61. The second kappa shape index (κ2) is 6.85. The monoisotopic (exact) mass is 318 g/mol. The van der Waals surface area contributed by atoms with Gasteiger partial charge in [-0.15, -0.1) is 0 Å². The van der Waals surface area contributed by atoms with Gasteiger partial charge in [0.05, 0.1) is 6.61 Å². The summed E-state index contributed by atoms with van der Waals surface area (Å²) < 4.78 is 26.7. The Morgan fingerprint density at radius 1 is 1.30 bits per heavy atom. The van der Waals surface area contributed by atoms with E-state index < -0.39 is 10.0 Å². The van der Waals surface area contributed by atoms with Gasteiger partial charge in [-0.05, 0) is 25.0 Å². The predicted octanol–water partition coefficient (Wildman–Crippen LogP) is 2.05. The van der Waals surface area contributed by atoms with E-state index in [4.69, 9.17) is 11.6 Å². The molecule has 0 aliphatic heterocycles. The van der Waals surface area contributed by atoms with Crippen LogP contribution in [0.2, 0.25) is 5.15 Å². The van der Waals surface area contributed by atoms with Crippen LogP contribution in [-0.4, -0.2) is 42.0 Å². The minimum absolute atomic E-state index is 0.0309. The Bertz CT molecular complexity index is 527. The lowest BCUT2D eigenvalue weighted by atomic mass is 9.95. The highest BCUT2D eigenvalue weighted by Crippen LogP contribution is 2.27. The summed E-state index contributed by atoms with van der Waals surface area (Å²) in [4.78, 5) is 3.96. The number of aliphatic hydroxyl groups is 1. The van der Waals surface area contributed by atoms with Gasteiger partial charge in [0, 0.05) is 18.8 Å². The van der Waals surface area contributed by atoms with Crippen LogP contribution >= 0.6 is 11.6 Å². The smallest absolute Gasteiger partial charge is 0.244 e. The summed E-state index contributed by atoms with van der Waals surface area (Å²) in [6.07, 6.45) is 6.17. The van der Waals surface area contributed by atoms with E-state index in [0.717, 1.165) is 32.1 Å². The lowest BCUT2D eigenvalue weighted by molar-refractivity contribution is 0.199. The minimum atomic E-state index is -3.63. The summed E-state index contributed by atoms with van der Waals surface area (Å²) in [6.45, 7) is -0.0631. The van der Waals surface area contributed by atoms with Gasteiger partial charge in [0.25, 0.3) is 0 Å². The summed E-state index contributed by atoms with van der Waals surface area (Å²) in [5.41, 5.74) is 0. The largest absolute Gasteiger partial charge is 0.395 e. The molecule has 7 heteroatoms. The van der Waals surface area contributed by atoms with Gasteiger partial charge < -0.3 is 5.11 Å². The highest BCUT2D eigenvalue weighted by molar-refractivity contribution is 7.89. The highest BCUT2D eigenvalue weighted by Gasteiger charge is 2.32. The maximum atomic E-state index is 12.7. The molecule has 1 heterocycles. The molecule has 2 rings (SSSR count). The van der Waals surface area contributed by atoms with Crippen LogP contribution in [0, 0.1) is 0 Å². The molecule has 1 fully saturated rings. The molecule has 0 radical (unpaired) electrons. The minimum Gasteiger partial charge on any atom is -0.395 e. The number of aliphatic hydroxyl groups excluding tert-OH is 1. The molecule has 0 amide bonds. The number of rotatable bonds is 5. The first-order chi connectivity index (χ1) is 9.55. The van der Waals surface area contributed by atoms with Gasteiger partial charge in [-0.3, -0.25) is 0 Å². The highest BCUT2D eigenvalue weighted by atomic mass is 35.5. The third kappa shape index (κ3) is 3.49. The van der Waals surface area contributed by atoms with Crippen LogP contribution in [-0.2, 0) is 10.0 Å². The quantitative estimate of drug-likeness (QED) is 0.844. The maximum absolute atomic E-state index is 12.7. The van der Waals surface area contributed by atoms with Gasteiger partial charge in [0.2, 0.25) is 10.0 Å². The van der Waals surface area contributed by atoms with E-state index in [1.54, 1.807) is 0 Å². The SMILES string of the molecule is O=S(=O)(c1ccc(Cl)nc1)N(CCO)C1CCCCC1. The molecular weight excluding hydrogens is 300 g/mol. The van der Waals surface area contributed by atoms with E-state index in [-0.39, 0.29) is 29.2 Å². The average molecular weight is 319 g/mol. The first-order valence-electron chi connectivity index (χ1n) is 6.80. The normalized spacial score (nSPS) is 17.6. The maximum Gasteiger partial charge on any atom is 0.244 e. The molecule has 1 aromatic heterocycles. The average Bonchev–Trinajstić information content (AvgIpc) is 2.46. The number of hydrogen-bond donors (Lipinski definition) is 1. The van der Waals surface area contributed by atoms with Crippen LogP contribution in [0.15, 0.2) is 23.2 Å². The number of sulfonamides is 1. The van der Waals surface area contributed by atoms with Crippen molar-refractivity contribution in [3.8, 4) is 0 Å². The molecule has 112 valence electrons. The summed E-state index contributed by atoms with van der Waals surface area (Å²) >= 11 is 5.69. The molecule has 1 aliphatic rings. The Balaban J connectivity index is 2.28. The van der Waals surface area contributed by atoms with Gasteiger partial charge >= 0.3 is 0 Å². The van der Waals surface area contributed by atoms with Crippen molar-refractivity contribution in [3.63, 3.8) is 0 Å². The van der Waals surface area contributed by atoms with Crippen molar-refractivity contribution < 1.29 is 13.5 Å². The van der Waals surface area contributed by atoms with Crippen molar-refractivity contribution in [1.29, 1.82) is 0 Å². The number of pyridine rings is 1. The van der Waals surface area contributed by atoms with Gasteiger partial charge in [-0.25, -0.2) is 13.4 Å². The van der Waals surface area contributed by atoms with Crippen LogP contribution in [0.5, 0.6) is 0 Å². The number of aromatic nitrogens is 1. The molecule has 0 aromatic carbocycles. The Hall–Kier alpha value is -0.690. The van der Waals surface area contributed by atoms with Crippen LogP contribution in [0.4, 0.5) is 0 Å². The first kappa shape index (κ1) is 15.7. The second-order valence-corrected chi connectivity index (χ2v) is 7.23. The first-order valence-corrected chi connectivity index (χ1v) is 8.62. The van der Waals surface area contributed by atoms with E-state index >= 15 is 0 Å². The summed E-state index contributed by atoms with van der Waals surface area (Å²) in [6, 6.07) is 2.89. The molecule has 0 unspecified atom stereocenters. The Kier molecular flexibility index (Phi) is 5.37. The van der Waals surface area contributed by atoms with Crippen molar-refractivity contribution in [2.24, 2.45) is 0 Å². The summed E-state index contributed by atoms with van der Waals surface area (Å²) in [5.74, 6) is 0. The van der Waals surface area contributed by atoms with Crippen molar-refractivity contribution >= 4 is 21.6 Å². The molecule has 5 nitrogen and oxygen atoms in total. The fraction of sp³-hybridized carbons (Fsp3) is 0.615. The third-order valence-corrected chi connectivity index (χ3v) is 5.77. The Labute approximate surface area is 124 Å². The Morgan fingerprint density at radius 3 is 2.55 bits per heavy atom. The molecule has 20 heavy (non-hydrogen) atoms. The molecule has 0 bridgehead atoms. The van der Waals surface area contributed by atoms with Gasteiger partial charge in [-0.1, -0.05) is 30.9 Å². The van der Waals surface area contributed by atoms with Gasteiger partial charge in [0.1, 0.15) is 10.0 Å². The molecule has 1 aromatic rings. The van der Waals surface area contributed by atoms with E-state index in [9.17, 15) is 13.5 Å². The van der Waals surface area contributed by atoms with E-state index in [2.05, 4.69) is 4.98 Å². The summed E-state index contributed by atoms with van der Waals surface area (Å²) in [5, 5.41) is 9.44.